The van der Waals surface area contributed by atoms with E-state index in [-0.39, 0.29) is 10.8 Å². The summed E-state index contributed by atoms with van der Waals surface area (Å²) in [6.07, 6.45) is 0. The van der Waals surface area contributed by atoms with Gasteiger partial charge in [0.2, 0.25) is 0 Å². The molecule has 2 aliphatic heterocycles. The van der Waals surface area contributed by atoms with Gasteiger partial charge in [-0.3, -0.25) is 0 Å². The fourth-order valence-electron chi connectivity index (χ4n) is 5.11. The van der Waals surface area contributed by atoms with Crippen LogP contribution in [0.5, 0.6) is 28.7 Å². The Morgan fingerprint density at radius 1 is 0.585 bits per heavy atom. The summed E-state index contributed by atoms with van der Waals surface area (Å²) in [4.78, 5) is 1.91. The maximum absolute atomic E-state index is 7.15. The van der Waals surface area contributed by atoms with Crippen LogP contribution in [0.15, 0.2) is 88.7 Å². The van der Waals surface area contributed by atoms with E-state index in [1.165, 1.54) is 0 Å². The number of para-hydroxylation sites is 3. The first-order valence-corrected chi connectivity index (χ1v) is 16.5. The Kier molecular flexibility index (Phi) is 6.33. The van der Waals surface area contributed by atoms with Gasteiger partial charge in [0.1, 0.15) is 0 Å². The average Bonchev–Trinajstić information content (AvgIpc) is 3.20. The van der Waals surface area contributed by atoms with Gasteiger partial charge < -0.3 is 0 Å². The molecular formula is C34H37O5PS. The number of rotatable bonds is 2. The van der Waals surface area contributed by atoms with Crippen molar-refractivity contribution >= 4 is 19.5 Å². The van der Waals surface area contributed by atoms with Gasteiger partial charge in [-0.25, -0.2) is 0 Å². The number of benzene rings is 4. The molecule has 7 heteroatoms. The molecule has 0 saturated carbocycles. The molecule has 0 aromatic heterocycles. The summed E-state index contributed by atoms with van der Waals surface area (Å²) in [5.41, 5.74) is 3.80. The number of aryl methyl sites for hydroxylation is 2. The topological polar surface area (TPSA) is 46.2 Å². The molecule has 2 aliphatic rings. The van der Waals surface area contributed by atoms with Crippen molar-refractivity contribution in [2.24, 2.45) is 0 Å². The Balaban J connectivity index is 1.72. The van der Waals surface area contributed by atoms with E-state index < -0.39 is 7.74 Å². The minimum absolute atomic E-state index is 0.254. The van der Waals surface area contributed by atoms with E-state index in [0.29, 0.717) is 28.7 Å². The second-order valence-electron chi connectivity index (χ2n) is 12.8. The van der Waals surface area contributed by atoms with Crippen molar-refractivity contribution < 1.29 is 22.6 Å². The first kappa shape index (κ1) is 27.8. The van der Waals surface area contributed by atoms with Crippen LogP contribution in [0.3, 0.4) is 0 Å². The van der Waals surface area contributed by atoms with Crippen molar-refractivity contribution in [3.8, 4) is 28.7 Å². The van der Waals surface area contributed by atoms with Crippen molar-refractivity contribution in [3.05, 3.63) is 101 Å². The molecule has 1 spiro atoms. The average molecular weight is 589 g/mol. The SMILES string of the molecule is Cc1cc2c(c(C(C)(C)C)c1)OP1(Oc3ccccc3)(Oc3ccccc3O1)Oc1c(cc(C)cc1C(C)(C)C)S2. The summed E-state index contributed by atoms with van der Waals surface area (Å²) in [6.45, 7) is 17.3. The molecule has 41 heavy (non-hydrogen) atoms. The second-order valence-corrected chi connectivity index (χ2v) is 16.3. The van der Waals surface area contributed by atoms with Crippen molar-refractivity contribution in [3.63, 3.8) is 0 Å². The quantitative estimate of drug-likeness (QED) is 0.217. The van der Waals surface area contributed by atoms with Gasteiger partial charge in [-0.05, 0) is 0 Å². The summed E-state index contributed by atoms with van der Waals surface area (Å²) >= 11 is 1.64. The van der Waals surface area contributed by atoms with Gasteiger partial charge in [0, 0.05) is 0 Å². The first-order valence-electron chi connectivity index (χ1n) is 13.9. The molecule has 0 atom stereocenters. The zero-order valence-corrected chi connectivity index (χ0v) is 26.6. The molecule has 0 aliphatic carbocycles. The van der Waals surface area contributed by atoms with E-state index in [9.17, 15) is 0 Å². The van der Waals surface area contributed by atoms with Crippen molar-refractivity contribution in [2.75, 3.05) is 0 Å². The minimum atomic E-state index is -4.99. The summed E-state index contributed by atoms with van der Waals surface area (Å²) in [5, 5.41) is 0. The van der Waals surface area contributed by atoms with Gasteiger partial charge in [-0.15, -0.1) is 0 Å². The van der Waals surface area contributed by atoms with E-state index >= 15 is 0 Å². The Hall–Kier alpha value is -3.34. The van der Waals surface area contributed by atoms with Crippen LogP contribution in [0.1, 0.15) is 63.8 Å². The molecular weight excluding hydrogens is 551 g/mol. The van der Waals surface area contributed by atoms with Gasteiger partial charge in [0.05, 0.1) is 0 Å². The molecule has 5 nitrogen and oxygen atoms in total. The molecule has 0 unspecified atom stereocenters. The van der Waals surface area contributed by atoms with Gasteiger partial charge >= 0.3 is 248 Å². The van der Waals surface area contributed by atoms with E-state index in [4.69, 9.17) is 22.6 Å². The standard InChI is InChI=1S/C34H37O5PS/c1-22-18-25(33(3,4)5)31-29(20-22)41-30-21-23(2)19-26(34(6,7)8)32(30)39-40(38-31,35-24-14-10-9-11-15-24)36-27-16-12-13-17-28(27)37-40/h9-21H,1-8H3. The number of fused-ring (bicyclic) bond motifs is 3. The third-order valence-electron chi connectivity index (χ3n) is 7.06. The summed E-state index contributed by atoms with van der Waals surface area (Å²) in [6, 6.07) is 25.6. The van der Waals surface area contributed by atoms with E-state index in [2.05, 4.69) is 79.7 Å². The molecule has 6 rings (SSSR count). The van der Waals surface area contributed by atoms with Gasteiger partial charge in [0.25, 0.3) is 0 Å². The Bertz CT molecular complexity index is 1550. The van der Waals surface area contributed by atoms with E-state index in [1.807, 2.05) is 54.6 Å². The summed E-state index contributed by atoms with van der Waals surface area (Å²) in [5.74, 6) is 2.80. The summed E-state index contributed by atoms with van der Waals surface area (Å²) < 4.78 is 34.8. The zero-order valence-electron chi connectivity index (χ0n) is 24.9. The van der Waals surface area contributed by atoms with Crippen LogP contribution in [0.4, 0.5) is 0 Å². The van der Waals surface area contributed by atoms with Crippen LogP contribution in [-0.2, 0) is 10.8 Å². The van der Waals surface area contributed by atoms with E-state index in [1.54, 1.807) is 11.8 Å². The van der Waals surface area contributed by atoms with Crippen molar-refractivity contribution in [2.45, 2.75) is 76.0 Å². The number of hydrogen-bond acceptors (Lipinski definition) is 6. The van der Waals surface area contributed by atoms with Crippen LogP contribution in [0.2, 0.25) is 0 Å². The maximum atomic E-state index is 7.15. The Morgan fingerprint density at radius 3 is 1.46 bits per heavy atom. The van der Waals surface area contributed by atoms with Crippen molar-refractivity contribution in [1.82, 2.24) is 0 Å². The molecule has 0 saturated heterocycles. The molecule has 4 aromatic carbocycles. The summed E-state index contributed by atoms with van der Waals surface area (Å²) in [7, 11) is -4.99. The van der Waals surface area contributed by atoms with Crippen LogP contribution in [0, 0.1) is 13.8 Å². The molecule has 0 N–H and O–H groups in total. The van der Waals surface area contributed by atoms with Crippen LogP contribution in [0.25, 0.3) is 0 Å². The fraction of sp³-hybridized carbons (Fsp3) is 0.294. The van der Waals surface area contributed by atoms with E-state index in [0.717, 1.165) is 32.0 Å². The van der Waals surface area contributed by atoms with Crippen LogP contribution in [-0.4, -0.2) is 0 Å². The molecule has 214 valence electrons. The predicted molar refractivity (Wildman–Crippen MR) is 167 cm³/mol. The molecule has 0 fully saturated rings. The van der Waals surface area contributed by atoms with Gasteiger partial charge in [0.15, 0.2) is 0 Å². The molecule has 0 amide bonds. The molecule has 0 bridgehead atoms. The van der Waals surface area contributed by atoms with Crippen molar-refractivity contribution in [1.29, 1.82) is 0 Å². The fourth-order valence-corrected chi connectivity index (χ4v) is 9.22. The van der Waals surface area contributed by atoms with Gasteiger partial charge in [-0.2, -0.15) is 0 Å². The first-order chi connectivity index (χ1) is 19.2. The Labute approximate surface area is 247 Å². The van der Waals surface area contributed by atoms with Crippen LogP contribution < -0.4 is 22.6 Å². The Morgan fingerprint density at radius 2 is 1.02 bits per heavy atom. The van der Waals surface area contributed by atoms with Gasteiger partial charge in [-0.1, -0.05) is 0 Å². The zero-order chi connectivity index (χ0) is 29.2. The predicted octanol–water partition coefficient (Wildman–Crippen LogP) is 10.5. The van der Waals surface area contributed by atoms with Crippen LogP contribution >= 0.6 is 19.5 Å². The third kappa shape index (κ3) is 5.02. The molecule has 0 radical (unpaired) electrons. The number of hydrogen-bond donors (Lipinski definition) is 0. The monoisotopic (exact) mass is 588 g/mol. The molecule has 2 heterocycles. The molecule has 4 aromatic rings. The second kappa shape index (κ2) is 9.34. The normalized spacial score (nSPS) is 17.5. The third-order valence-corrected chi connectivity index (χ3v) is 10.6.